The zero-order valence-corrected chi connectivity index (χ0v) is 16.1. The van der Waals surface area contributed by atoms with Crippen molar-refractivity contribution in [2.24, 2.45) is 0 Å². The van der Waals surface area contributed by atoms with E-state index in [0.717, 1.165) is 30.7 Å². The first-order valence-corrected chi connectivity index (χ1v) is 9.72. The van der Waals surface area contributed by atoms with Gasteiger partial charge in [0.1, 0.15) is 5.69 Å². The maximum Gasteiger partial charge on any atom is 0.416 e. The summed E-state index contributed by atoms with van der Waals surface area (Å²) in [6, 6.07) is 5.26. The van der Waals surface area contributed by atoms with Gasteiger partial charge in [-0.2, -0.15) is 13.2 Å². The SMILES string of the molecule is Cc1c(C(=O)N2CCN(c3cccc(C(F)(F)F)c3)CC2)[nH]c2c1C(=O)CCC2. The number of rotatable bonds is 2. The molecule has 1 aromatic carbocycles. The van der Waals surface area contributed by atoms with Crippen LogP contribution >= 0.6 is 0 Å². The highest BCUT2D eigenvalue weighted by Gasteiger charge is 2.32. The monoisotopic (exact) mass is 405 g/mol. The second-order valence-electron chi connectivity index (χ2n) is 7.58. The average Bonchev–Trinajstić information content (AvgIpc) is 3.05. The molecule has 8 heteroatoms. The number of halogens is 3. The fourth-order valence-electron chi connectivity index (χ4n) is 4.19. The van der Waals surface area contributed by atoms with Crippen LogP contribution in [0.2, 0.25) is 0 Å². The van der Waals surface area contributed by atoms with Gasteiger partial charge in [0.15, 0.2) is 5.78 Å². The predicted molar refractivity (Wildman–Crippen MR) is 102 cm³/mol. The molecule has 29 heavy (non-hydrogen) atoms. The third kappa shape index (κ3) is 3.63. The van der Waals surface area contributed by atoms with Crippen LogP contribution in [-0.2, 0) is 12.6 Å². The fourth-order valence-corrected chi connectivity index (χ4v) is 4.19. The van der Waals surface area contributed by atoms with Crippen LogP contribution in [0.3, 0.4) is 0 Å². The topological polar surface area (TPSA) is 56.4 Å². The summed E-state index contributed by atoms with van der Waals surface area (Å²) in [6.07, 6.45) is -2.32. The molecular weight excluding hydrogens is 383 g/mol. The Bertz CT molecular complexity index is 957. The van der Waals surface area contributed by atoms with Crippen molar-refractivity contribution in [1.29, 1.82) is 0 Å². The highest BCUT2D eigenvalue weighted by Crippen LogP contribution is 2.32. The molecule has 1 aliphatic heterocycles. The molecule has 1 aliphatic carbocycles. The first-order chi connectivity index (χ1) is 13.8. The van der Waals surface area contributed by atoms with Crippen molar-refractivity contribution in [3.8, 4) is 0 Å². The summed E-state index contributed by atoms with van der Waals surface area (Å²) in [5.41, 5.74) is 2.48. The number of anilines is 1. The fraction of sp³-hybridized carbons (Fsp3) is 0.429. The van der Waals surface area contributed by atoms with Crippen LogP contribution in [0.1, 0.15) is 50.5 Å². The van der Waals surface area contributed by atoms with Gasteiger partial charge in [0.2, 0.25) is 0 Å². The molecule has 2 heterocycles. The molecule has 1 saturated heterocycles. The number of H-pyrrole nitrogens is 1. The van der Waals surface area contributed by atoms with Crippen LogP contribution in [0.25, 0.3) is 0 Å². The Morgan fingerprint density at radius 1 is 1.10 bits per heavy atom. The van der Waals surface area contributed by atoms with E-state index in [-0.39, 0.29) is 11.7 Å². The van der Waals surface area contributed by atoms with Gasteiger partial charge in [-0.1, -0.05) is 6.07 Å². The number of alkyl halides is 3. The molecule has 2 aliphatic rings. The number of piperazine rings is 1. The summed E-state index contributed by atoms with van der Waals surface area (Å²) >= 11 is 0. The van der Waals surface area contributed by atoms with Crippen LogP contribution in [0, 0.1) is 6.92 Å². The lowest BCUT2D eigenvalue weighted by Gasteiger charge is -2.36. The maximum atomic E-state index is 13.0. The van der Waals surface area contributed by atoms with Gasteiger partial charge >= 0.3 is 6.18 Å². The molecule has 154 valence electrons. The molecule has 0 bridgehead atoms. The van der Waals surface area contributed by atoms with Crippen LogP contribution in [0.5, 0.6) is 0 Å². The van der Waals surface area contributed by atoms with Gasteiger partial charge in [-0.15, -0.1) is 0 Å². The normalized spacial score (nSPS) is 17.4. The van der Waals surface area contributed by atoms with Gasteiger partial charge in [-0.3, -0.25) is 9.59 Å². The van der Waals surface area contributed by atoms with Gasteiger partial charge in [0, 0.05) is 49.5 Å². The van der Waals surface area contributed by atoms with E-state index in [1.54, 1.807) is 17.9 Å². The quantitative estimate of drug-likeness (QED) is 0.827. The molecule has 0 radical (unpaired) electrons. The number of aryl methyl sites for hydroxylation is 1. The molecule has 1 N–H and O–H groups in total. The lowest BCUT2D eigenvalue weighted by Crippen LogP contribution is -2.49. The Hall–Kier alpha value is -2.77. The van der Waals surface area contributed by atoms with Crippen LogP contribution in [-0.4, -0.2) is 47.8 Å². The number of fused-ring (bicyclic) bond motifs is 1. The first-order valence-electron chi connectivity index (χ1n) is 9.72. The van der Waals surface area contributed by atoms with E-state index < -0.39 is 11.7 Å². The minimum absolute atomic E-state index is 0.0772. The van der Waals surface area contributed by atoms with Crippen molar-refractivity contribution in [2.45, 2.75) is 32.4 Å². The third-order valence-electron chi connectivity index (χ3n) is 5.76. The van der Waals surface area contributed by atoms with Gasteiger partial charge in [0.25, 0.3) is 5.91 Å². The minimum Gasteiger partial charge on any atom is -0.368 e. The van der Waals surface area contributed by atoms with Crippen molar-refractivity contribution in [3.05, 3.63) is 52.3 Å². The summed E-state index contributed by atoms with van der Waals surface area (Å²) in [6.45, 7) is 3.51. The Labute approximate surface area is 166 Å². The molecule has 5 nitrogen and oxygen atoms in total. The molecule has 0 atom stereocenters. The smallest absolute Gasteiger partial charge is 0.368 e. The van der Waals surface area contributed by atoms with E-state index in [1.807, 2.05) is 4.90 Å². The van der Waals surface area contributed by atoms with Gasteiger partial charge in [0.05, 0.1) is 5.56 Å². The molecule has 2 aromatic rings. The van der Waals surface area contributed by atoms with Crippen molar-refractivity contribution in [3.63, 3.8) is 0 Å². The van der Waals surface area contributed by atoms with Crippen molar-refractivity contribution >= 4 is 17.4 Å². The van der Waals surface area contributed by atoms with Gasteiger partial charge in [-0.05, 0) is 43.5 Å². The lowest BCUT2D eigenvalue weighted by molar-refractivity contribution is -0.137. The molecule has 0 saturated carbocycles. The Kier molecular flexibility index (Phi) is 4.88. The number of carbonyl (C=O) groups is 2. The van der Waals surface area contributed by atoms with E-state index in [1.165, 1.54) is 6.07 Å². The highest BCUT2D eigenvalue weighted by molar-refractivity contribution is 6.04. The molecule has 1 aromatic heterocycles. The standard InChI is InChI=1S/C21H22F3N3O2/c1-13-18-16(6-3-7-17(18)28)25-19(13)20(29)27-10-8-26(9-11-27)15-5-2-4-14(12-15)21(22,23)24/h2,4-5,12,25H,3,6-11H2,1H3. The molecular formula is C21H22F3N3O2. The number of aromatic amines is 1. The lowest BCUT2D eigenvalue weighted by atomic mass is 9.93. The number of amides is 1. The summed E-state index contributed by atoms with van der Waals surface area (Å²) in [5.74, 6) is -0.0817. The van der Waals surface area contributed by atoms with E-state index >= 15 is 0 Å². The number of benzene rings is 1. The molecule has 0 unspecified atom stereocenters. The zero-order chi connectivity index (χ0) is 20.8. The number of nitrogens with zero attached hydrogens (tertiary/aromatic N) is 2. The Balaban J connectivity index is 1.47. The summed E-state index contributed by atoms with van der Waals surface area (Å²) in [5, 5.41) is 0. The Morgan fingerprint density at radius 3 is 2.48 bits per heavy atom. The minimum atomic E-state index is -4.38. The van der Waals surface area contributed by atoms with Gasteiger partial charge < -0.3 is 14.8 Å². The van der Waals surface area contributed by atoms with Crippen LogP contribution in [0.4, 0.5) is 18.9 Å². The van der Waals surface area contributed by atoms with Gasteiger partial charge in [-0.25, -0.2) is 0 Å². The number of nitrogens with one attached hydrogen (secondary N) is 1. The number of carbonyl (C=O) groups excluding carboxylic acids is 2. The van der Waals surface area contributed by atoms with E-state index in [9.17, 15) is 22.8 Å². The number of hydrogen-bond donors (Lipinski definition) is 1. The molecule has 4 rings (SSSR count). The van der Waals surface area contributed by atoms with Crippen molar-refractivity contribution < 1.29 is 22.8 Å². The second kappa shape index (κ2) is 7.24. The number of aromatic nitrogens is 1. The maximum absolute atomic E-state index is 13.0. The zero-order valence-electron chi connectivity index (χ0n) is 16.1. The number of ketones is 1. The summed E-state index contributed by atoms with van der Waals surface area (Å²) in [4.78, 5) is 31.9. The Morgan fingerprint density at radius 2 is 1.83 bits per heavy atom. The van der Waals surface area contributed by atoms with Crippen LogP contribution in [0.15, 0.2) is 24.3 Å². The van der Waals surface area contributed by atoms with Crippen molar-refractivity contribution in [2.75, 3.05) is 31.1 Å². The second-order valence-corrected chi connectivity index (χ2v) is 7.58. The largest absolute Gasteiger partial charge is 0.416 e. The van der Waals surface area contributed by atoms with E-state index in [4.69, 9.17) is 0 Å². The predicted octanol–water partition coefficient (Wildman–Crippen LogP) is 3.82. The molecule has 1 fully saturated rings. The van der Waals surface area contributed by atoms with Crippen molar-refractivity contribution in [1.82, 2.24) is 9.88 Å². The van der Waals surface area contributed by atoms with E-state index in [0.29, 0.717) is 55.1 Å². The number of Topliss-reactive ketones (excluding diaryl/α,β-unsaturated/α-hetero) is 1. The first kappa shape index (κ1) is 19.5. The molecule has 0 spiro atoms. The van der Waals surface area contributed by atoms with Crippen LogP contribution < -0.4 is 4.90 Å². The molecule has 1 amide bonds. The average molecular weight is 405 g/mol. The number of hydrogen-bond acceptors (Lipinski definition) is 3. The third-order valence-corrected chi connectivity index (χ3v) is 5.76. The highest BCUT2D eigenvalue weighted by atomic mass is 19.4. The van der Waals surface area contributed by atoms with E-state index in [2.05, 4.69) is 4.98 Å². The summed E-state index contributed by atoms with van der Waals surface area (Å²) < 4.78 is 38.9. The summed E-state index contributed by atoms with van der Waals surface area (Å²) in [7, 11) is 0.